The van der Waals surface area contributed by atoms with Crippen molar-refractivity contribution in [3.63, 3.8) is 0 Å². The third kappa shape index (κ3) is 3.44. The minimum Gasteiger partial charge on any atom is -0.456 e. The summed E-state index contributed by atoms with van der Waals surface area (Å²) in [6.45, 7) is 4.23. The van der Waals surface area contributed by atoms with Gasteiger partial charge in [0.05, 0.1) is 0 Å². The molecule has 0 aliphatic heterocycles. The number of para-hydroxylation sites is 1. The molecule has 0 atom stereocenters. The quantitative estimate of drug-likeness (QED) is 0.302. The van der Waals surface area contributed by atoms with Crippen molar-refractivity contribution < 1.29 is 4.42 Å². The summed E-state index contributed by atoms with van der Waals surface area (Å²) in [5, 5.41) is 2.34. The monoisotopic (exact) mass is 388 g/mol. The highest BCUT2D eigenvalue weighted by Gasteiger charge is 2.08. The standard InChI is InChI=1S/C29H24O/c1-3-20(2)23-12-8-21(9-13-23)18-22-10-14-24(15-11-22)25-16-17-29-27(19-25)26-6-4-5-7-28(26)30-29/h3-17,19H,18H2,1-2H3/b20-3+. The average molecular weight is 389 g/mol. The zero-order valence-corrected chi connectivity index (χ0v) is 17.4. The molecule has 0 radical (unpaired) electrons. The Hall–Kier alpha value is -3.58. The van der Waals surface area contributed by atoms with Crippen LogP contribution in [0, 0.1) is 0 Å². The third-order valence-corrected chi connectivity index (χ3v) is 5.91. The van der Waals surface area contributed by atoms with E-state index in [1.165, 1.54) is 44.2 Å². The number of hydrogen-bond donors (Lipinski definition) is 0. The molecule has 146 valence electrons. The van der Waals surface area contributed by atoms with Crippen molar-refractivity contribution in [2.45, 2.75) is 20.3 Å². The molecule has 30 heavy (non-hydrogen) atoms. The van der Waals surface area contributed by atoms with E-state index in [9.17, 15) is 0 Å². The van der Waals surface area contributed by atoms with Crippen LogP contribution in [0.1, 0.15) is 30.5 Å². The van der Waals surface area contributed by atoms with E-state index in [-0.39, 0.29) is 0 Å². The van der Waals surface area contributed by atoms with E-state index >= 15 is 0 Å². The molecule has 0 bridgehead atoms. The molecule has 0 aliphatic rings. The SMILES string of the molecule is C/C=C(\C)c1ccc(Cc2ccc(-c3ccc4oc5ccccc5c4c3)cc2)cc1. The molecule has 1 nitrogen and oxygen atoms in total. The minimum atomic E-state index is 0.938. The van der Waals surface area contributed by atoms with E-state index in [2.05, 4.69) is 98.8 Å². The molecule has 0 amide bonds. The Bertz CT molecular complexity index is 1350. The largest absolute Gasteiger partial charge is 0.456 e. The lowest BCUT2D eigenvalue weighted by Crippen LogP contribution is -1.89. The Balaban J connectivity index is 1.40. The van der Waals surface area contributed by atoms with E-state index in [0.29, 0.717) is 0 Å². The van der Waals surface area contributed by atoms with Gasteiger partial charge in [0.2, 0.25) is 0 Å². The topological polar surface area (TPSA) is 13.1 Å². The molecule has 0 N–H and O–H groups in total. The fraction of sp³-hybridized carbons (Fsp3) is 0.103. The molecule has 0 saturated heterocycles. The Morgan fingerprint density at radius 3 is 2.07 bits per heavy atom. The van der Waals surface area contributed by atoms with Crippen LogP contribution in [0.5, 0.6) is 0 Å². The first-order valence-electron chi connectivity index (χ1n) is 10.4. The molecule has 0 spiro atoms. The Kier molecular flexibility index (Phi) is 4.72. The minimum absolute atomic E-state index is 0.938. The maximum absolute atomic E-state index is 5.96. The highest BCUT2D eigenvalue weighted by molar-refractivity contribution is 6.06. The number of hydrogen-bond acceptors (Lipinski definition) is 1. The maximum Gasteiger partial charge on any atom is 0.135 e. The number of benzene rings is 4. The fourth-order valence-corrected chi connectivity index (χ4v) is 4.01. The zero-order valence-electron chi connectivity index (χ0n) is 17.4. The van der Waals surface area contributed by atoms with Gasteiger partial charge in [-0.1, -0.05) is 78.9 Å². The Morgan fingerprint density at radius 1 is 0.700 bits per heavy atom. The van der Waals surface area contributed by atoms with E-state index in [0.717, 1.165) is 17.6 Å². The molecule has 5 aromatic rings. The molecular formula is C29H24O. The Labute approximate surface area is 177 Å². The maximum atomic E-state index is 5.96. The average Bonchev–Trinajstić information content (AvgIpc) is 3.17. The smallest absolute Gasteiger partial charge is 0.135 e. The van der Waals surface area contributed by atoms with Crippen molar-refractivity contribution in [3.05, 3.63) is 114 Å². The predicted octanol–water partition coefficient (Wildman–Crippen LogP) is 8.27. The molecule has 4 aromatic carbocycles. The van der Waals surface area contributed by atoms with Crippen LogP contribution in [0.2, 0.25) is 0 Å². The highest BCUT2D eigenvalue weighted by Crippen LogP contribution is 2.32. The summed E-state index contributed by atoms with van der Waals surface area (Å²) >= 11 is 0. The molecule has 1 heteroatoms. The van der Waals surface area contributed by atoms with Gasteiger partial charge in [-0.2, -0.15) is 0 Å². The van der Waals surface area contributed by atoms with Gasteiger partial charge in [0, 0.05) is 10.8 Å². The lowest BCUT2D eigenvalue weighted by molar-refractivity contribution is 0.669. The number of allylic oxidation sites excluding steroid dienone is 2. The van der Waals surface area contributed by atoms with E-state index in [4.69, 9.17) is 4.42 Å². The summed E-state index contributed by atoms with van der Waals surface area (Å²) in [5.41, 5.74) is 9.58. The molecule has 0 unspecified atom stereocenters. The van der Waals surface area contributed by atoms with Crippen LogP contribution in [0.4, 0.5) is 0 Å². The van der Waals surface area contributed by atoms with Gasteiger partial charge in [0.15, 0.2) is 0 Å². The Morgan fingerprint density at radius 2 is 1.33 bits per heavy atom. The number of furan rings is 1. The number of fused-ring (bicyclic) bond motifs is 3. The summed E-state index contributed by atoms with van der Waals surface area (Å²) in [5.74, 6) is 0. The van der Waals surface area contributed by atoms with Crippen LogP contribution in [-0.2, 0) is 6.42 Å². The second kappa shape index (κ2) is 7.68. The van der Waals surface area contributed by atoms with E-state index < -0.39 is 0 Å². The third-order valence-electron chi connectivity index (χ3n) is 5.91. The second-order valence-corrected chi connectivity index (χ2v) is 7.85. The summed E-state index contributed by atoms with van der Waals surface area (Å²) < 4.78 is 5.96. The van der Waals surface area contributed by atoms with E-state index in [1.54, 1.807) is 0 Å². The lowest BCUT2D eigenvalue weighted by atomic mass is 9.98. The van der Waals surface area contributed by atoms with Crippen LogP contribution in [-0.4, -0.2) is 0 Å². The van der Waals surface area contributed by atoms with E-state index in [1.807, 2.05) is 12.1 Å². The van der Waals surface area contributed by atoms with Gasteiger partial charge in [0.25, 0.3) is 0 Å². The van der Waals surface area contributed by atoms with Gasteiger partial charge >= 0.3 is 0 Å². The summed E-state index contributed by atoms with van der Waals surface area (Å²) in [6, 6.07) is 32.5. The van der Waals surface area contributed by atoms with Crippen molar-refractivity contribution in [2.75, 3.05) is 0 Å². The van der Waals surface area contributed by atoms with Crippen LogP contribution in [0.25, 0.3) is 38.6 Å². The molecule has 0 saturated carbocycles. The van der Waals surface area contributed by atoms with Gasteiger partial charge in [-0.05, 0) is 71.9 Å². The molecule has 5 rings (SSSR count). The number of rotatable bonds is 4. The lowest BCUT2D eigenvalue weighted by Gasteiger charge is -2.07. The van der Waals surface area contributed by atoms with Crippen LogP contribution in [0.3, 0.4) is 0 Å². The summed E-state index contributed by atoms with van der Waals surface area (Å²) in [4.78, 5) is 0. The fourth-order valence-electron chi connectivity index (χ4n) is 4.01. The molecule has 0 fully saturated rings. The van der Waals surface area contributed by atoms with Crippen LogP contribution < -0.4 is 0 Å². The van der Waals surface area contributed by atoms with Crippen molar-refractivity contribution in [3.8, 4) is 11.1 Å². The zero-order chi connectivity index (χ0) is 20.5. The molecular weight excluding hydrogens is 364 g/mol. The summed E-state index contributed by atoms with van der Waals surface area (Å²) in [6.07, 6.45) is 3.10. The van der Waals surface area contributed by atoms with Crippen LogP contribution >= 0.6 is 0 Å². The van der Waals surface area contributed by atoms with Crippen molar-refractivity contribution >= 4 is 27.5 Å². The first-order chi connectivity index (χ1) is 14.7. The predicted molar refractivity (Wildman–Crippen MR) is 128 cm³/mol. The van der Waals surface area contributed by atoms with Gasteiger partial charge < -0.3 is 4.42 Å². The molecule has 0 aliphatic carbocycles. The van der Waals surface area contributed by atoms with Crippen molar-refractivity contribution in [1.29, 1.82) is 0 Å². The first-order valence-corrected chi connectivity index (χ1v) is 10.4. The summed E-state index contributed by atoms with van der Waals surface area (Å²) in [7, 11) is 0. The highest BCUT2D eigenvalue weighted by atomic mass is 16.3. The normalized spacial score (nSPS) is 12.0. The van der Waals surface area contributed by atoms with Gasteiger partial charge in [-0.3, -0.25) is 0 Å². The van der Waals surface area contributed by atoms with Gasteiger partial charge in [0.1, 0.15) is 11.2 Å². The first kappa shape index (κ1) is 18.4. The van der Waals surface area contributed by atoms with Gasteiger partial charge in [-0.25, -0.2) is 0 Å². The second-order valence-electron chi connectivity index (χ2n) is 7.85. The van der Waals surface area contributed by atoms with Crippen LogP contribution in [0.15, 0.2) is 101 Å². The molecule has 1 aromatic heterocycles. The molecule has 1 heterocycles. The van der Waals surface area contributed by atoms with Crippen molar-refractivity contribution in [2.24, 2.45) is 0 Å². The van der Waals surface area contributed by atoms with Gasteiger partial charge in [-0.15, -0.1) is 0 Å². The van der Waals surface area contributed by atoms with Crippen molar-refractivity contribution in [1.82, 2.24) is 0 Å².